The maximum absolute atomic E-state index is 11.4. The topological polar surface area (TPSA) is 65.6 Å². The molecule has 3 aromatic rings. The predicted octanol–water partition coefficient (Wildman–Crippen LogP) is 5.30. The maximum atomic E-state index is 11.4. The lowest BCUT2D eigenvalue weighted by Crippen LogP contribution is -2.35. The number of halogens is 1. The molecule has 0 amide bonds. The first-order valence-corrected chi connectivity index (χ1v) is 10.4. The average Bonchev–Trinajstić information content (AvgIpc) is 3.12. The van der Waals surface area contributed by atoms with Crippen LogP contribution in [-0.2, 0) is 0 Å². The molecule has 4 rings (SSSR count). The molecule has 152 valence electrons. The third-order valence-electron chi connectivity index (χ3n) is 5.72. The molecule has 0 radical (unpaired) electrons. The number of rotatable bonds is 6. The average molecular weight is 413 g/mol. The number of carboxylic acids is 1. The Morgan fingerprint density at radius 2 is 1.97 bits per heavy atom. The number of carboxylic acid groups (broad SMARTS) is 1. The first kappa shape index (κ1) is 19.8. The maximum Gasteiger partial charge on any atom is 0.337 e. The van der Waals surface area contributed by atoms with Crippen LogP contribution in [0.15, 0.2) is 42.6 Å². The number of aromatic carboxylic acids is 1. The zero-order valence-corrected chi connectivity index (χ0v) is 17.2. The lowest BCUT2D eigenvalue weighted by molar-refractivity contribution is 0.0699. The summed E-state index contributed by atoms with van der Waals surface area (Å²) in [7, 11) is 0. The highest BCUT2D eigenvalue weighted by atomic mass is 35.5. The molecule has 6 heteroatoms. The number of aromatic amines is 1. The molecule has 0 aliphatic carbocycles. The van der Waals surface area contributed by atoms with Gasteiger partial charge in [0.25, 0.3) is 0 Å². The molecule has 1 saturated heterocycles. The second-order valence-corrected chi connectivity index (χ2v) is 8.19. The van der Waals surface area contributed by atoms with E-state index in [-0.39, 0.29) is 5.56 Å². The summed E-state index contributed by atoms with van der Waals surface area (Å²) in [6.45, 7) is 6.25. The van der Waals surface area contributed by atoms with Crippen molar-refractivity contribution in [2.45, 2.75) is 19.8 Å². The SMILES string of the molecule is CC1CCN(CCOc2ccc(-c3cc4c(C(=O)O)c[nH]c4cc3Cl)cc2)CC1. The Bertz CT molecular complexity index is 1000. The number of hydrogen-bond acceptors (Lipinski definition) is 3. The van der Waals surface area contributed by atoms with Gasteiger partial charge < -0.3 is 14.8 Å². The highest BCUT2D eigenvalue weighted by Crippen LogP contribution is 2.34. The molecule has 2 aromatic carbocycles. The van der Waals surface area contributed by atoms with Crippen molar-refractivity contribution >= 4 is 28.5 Å². The van der Waals surface area contributed by atoms with Crippen molar-refractivity contribution < 1.29 is 14.6 Å². The first-order chi connectivity index (χ1) is 14.0. The normalized spacial score (nSPS) is 15.7. The van der Waals surface area contributed by atoms with E-state index in [0.717, 1.165) is 42.4 Å². The molecule has 0 spiro atoms. The Morgan fingerprint density at radius 3 is 2.66 bits per heavy atom. The monoisotopic (exact) mass is 412 g/mol. The zero-order valence-electron chi connectivity index (χ0n) is 16.5. The lowest BCUT2D eigenvalue weighted by Gasteiger charge is -2.29. The van der Waals surface area contributed by atoms with Crippen LogP contribution in [0.3, 0.4) is 0 Å². The number of carbonyl (C=O) groups is 1. The van der Waals surface area contributed by atoms with Crippen molar-refractivity contribution in [1.82, 2.24) is 9.88 Å². The van der Waals surface area contributed by atoms with Gasteiger partial charge in [0.05, 0.1) is 10.6 Å². The van der Waals surface area contributed by atoms with Gasteiger partial charge >= 0.3 is 5.97 Å². The highest BCUT2D eigenvalue weighted by Gasteiger charge is 2.16. The van der Waals surface area contributed by atoms with Crippen molar-refractivity contribution in [2.24, 2.45) is 5.92 Å². The minimum absolute atomic E-state index is 0.241. The van der Waals surface area contributed by atoms with Crippen molar-refractivity contribution in [3.8, 4) is 16.9 Å². The molecule has 1 aliphatic heterocycles. The standard InChI is InChI=1S/C23H25ClN2O3/c1-15-6-8-26(9-7-15)10-11-29-17-4-2-16(3-5-17)18-12-19-20(23(27)28)14-25-22(19)13-21(18)24/h2-5,12-15,25H,6-11H2,1H3,(H,27,28). The van der Waals surface area contributed by atoms with E-state index in [4.69, 9.17) is 16.3 Å². The van der Waals surface area contributed by atoms with Gasteiger partial charge in [0.1, 0.15) is 12.4 Å². The van der Waals surface area contributed by atoms with Crippen molar-refractivity contribution in [3.05, 3.63) is 53.2 Å². The number of ether oxygens (including phenoxy) is 1. The molecular weight excluding hydrogens is 388 g/mol. The van der Waals surface area contributed by atoms with Crippen molar-refractivity contribution in [3.63, 3.8) is 0 Å². The van der Waals surface area contributed by atoms with Gasteiger partial charge in [0, 0.05) is 29.2 Å². The first-order valence-electron chi connectivity index (χ1n) is 10.0. The predicted molar refractivity (Wildman–Crippen MR) is 116 cm³/mol. The molecule has 2 N–H and O–H groups in total. The summed E-state index contributed by atoms with van der Waals surface area (Å²) in [6, 6.07) is 11.4. The second kappa shape index (κ2) is 8.47. The smallest absolute Gasteiger partial charge is 0.337 e. The van der Waals surface area contributed by atoms with Crippen LogP contribution in [0.25, 0.3) is 22.0 Å². The number of nitrogens with one attached hydrogen (secondary N) is 1. The van der Waals surface area contributed by atoms with Crippen molar-refractivity contribution in [1.29, 1.82) is 0 Å². The Balaban J connectivity index is 1.44. The van der Waals surface area contributed by atoms with Crippen LogP contribution in [-0.4, -0.2) is 47.2 Å². The fourth-order valence-corrected chi connectivity index (χ4v) is 4.12. The van der Waals surface area contributed by atoms with Gasteiger partial charge in [0.2, 0.25) is 0 Å². The second-order valence-electron chi connectivity index (χ2n) is 7.78. The number of benzene rings is 2. The van der Waals surface area contributed by atoms with Crippen LogP contribution < -0.4 is 4.74 Å². The quantitative estimate of drug-likeness (QED) is 0.576. The molecule has 0 saturated carbocycles. The number of piperidine rings is 1. The van der Waals surface area contributed by atoms with Crippen LogP contribution in [0.1, 0.15) is 30.1 Å². The number of fused-ring (bicyclic) bond motifs is 1. The van der Waals surface area contributed by atoms with Gasteiger partial charge in [-0.2, -0.15) is 0 Å². The largest absolute Gasteiger partial charge is 0.492 e. The molecule has 1 aromatic heterocycles. The molecule has 2 heterocycles. The fourth-order valence-electron chi connectivity index (χ4n) is 3.85. The molecule has 1 fully saturated rings. The van der Waals surface area contributed by atoms with Gasteiger partial charge in [0.15, 0.2) is 0 Å². The van der Waals surface area contributed by atoms with Crippen molar-refractivity contribution in [2.75, 3.05) is 26.2 Å². The van der Waals surface area contributed by atoms with E-state index in [2.05, 4.69) is 16.8 Å². The van der Waals surface area contributed by atoms with Gasteiger partial charge in [-0.15, -0.1) is 0 Å². The van der Waals surface area contributed by atoms with E-state index in [1.54, 1.807) is 6.07 Å². The fraction of sp³-hybridized carbons (Fsp3) is 0.348. The van der Waals surface area contributed by atoms with Crippen LogP contribution >= 0.6 is 11.6 Å². The molecule has 5 nitrogen and oxygen atoms in total. The van der Waals surface area contributed by atoms with Crippen LogP contribution in [0, 0.1) is 5.92 Å². The summed E-state index contributed by atoms with van der Waals surface area (Å²) in [5.74, 6) is 0.698. The Labute approximate surface area is 175 Å². The van der Waals surface area contributed by atoms with Gasteiger partial charge in [-0.1, -0.05) is 30.7 Å². The van der Waals surface area contributed by atoms with Crippen LogP contribution in [0.4, 0.5) is 0 Å². The molecule has 29 heavy (non-hydrogen) atoms. The van der Waals surface area contributed by atoms with E-state index in [1.165, 1.54) is 19.0 Å². The molecule has 0 unspecified atom stereocenters. The Kier molecular flexibility index (Phi) is 5.79. The number of hydrogen-bond donors (Lipinski definition) is 2. The van der Waals surface area contributed by atoms with Gasteiger partial charge in [-0.05, 0) is 61.7 Å². The van der Waals surface area contributed by atoms with Crippen LogP contribution in [0.2, 0.25) is 5.02 Å². The zero-order chi connectivity index (χ0) is 20.4. The molecular formula is C23H25ClN2O3. The van der Waals surface area contributed by atoms with E-state index >= 15 is 0 Å². The summed E-state index contributed by atoms with van der Waals surface area (Å²) in [5.41, 5.74) is 2.68. The number of nitrogens with zero attached hydrogens (tertiary/aromatic N) is 1. The minimum atomic E-state index is -0.962. The molecule has 1 aliphatic rings. The van der Waals surface area contributed by atoms with Gasteiger partial charge in [-0.25, -0.2) is 4.79 Å². The van der Waals surface area contributed by atoms with Crippen LogP contribution in [0.5, 0.6) is 5.75 Å². The summed E-state index contributed by atoms with van der Waals surface area (Å²) in [4.78, 5) is 16.8. The Hall–Kier alpha value is -2.50. The van der Waals surface area contributed by atoms with E-state index in [1.807, 2.05) is 30.3 Å². The summed E-state index contributed by atoms with van der Waals surface area (Å²) in [5, 5.41) is 10.6. The van der Waals surface area contributed by atoms with Gasteiger partial charge in [-0.3, -0.25) is 4.90 Å². The third kappa shape index (κ3) is 4.41. The summed E-state index contributed by atoms with van der Waals surface area (Å²) >= 11 is 6.44. The number of H-pyrrole nitrogens is 1. The minimum Gasteiger partial charge on any atom is -0.492 e. The van der Waals surface area contributed by atoms with E-state index < -0.39 is 5.97 Å². The molecule has 0 bridgehead atoms. The van der Waals surface area contributed by atoms with E-state index in [9.17, 15) is 9.90 Å². The summed E-state index contributed by atoms with van der Waals surface area (Å²) in [6.07, 6.45) is 4.03. The summed E-state index contributed by atoms with van der Waals surface area (Å²) < 4.78 is 5.91. The number of aromatic nitrogens is 1. The highest BCUT2D eigenvalue weighted by molar-refractivity contribution is 6.34. The lowest BCUT2D eigenvalue weighted by atomic mass is 9.99. The van der Waals surface area contributed by atoms with E-state index in [0.29, 0.717) is 22.5 Å². The Morgan fingerprint density at radius 1 is 1.24 bits per heavy atom. The number of likely N-dealkylation sites (tertiary alicyclic amines) is 1. The molecule has 0 atom stereocenters. The third-order valence-corrected chi connectivity index (χ3v) is 6.03.